The van der Waals surface area contributed by atoms with Crippen LogP contribution in [-0.2, 0) is 16.2 Å². The first kappa shape index (κ1) is 28.3. The number of anilines is 2. The zero-order valence-corrected chi connectivity index (χ0v) is 25.1. The van der Waals surface area contributed by atoms with E-state index in [-0.39, 0.29) is 5.57 Å². The van der Waals surface area contributed by atoms with Gasteiger partial charge in [-0.2, -0.15) is 0 Å². The topological polar surface area (TPSA) is 76.2 Å². The molecule has 7 nitrogen and oxygen atoms in total. The number of hydrogen-bond donors (Lipinski definition) is 0. The Kier molecular flexibility index (Phi) is 8.66. The van der Waals surface area contributed by atoms with E-state index < -0.39 is 17.8 Å². The first-order valence-electron chi connectivity index (χ1n) is 12.8. The highest BCUT2D eigenvalue weighted by Crippen LogP contribution is 2.39. The molecule has 0 atom stereocenters. The number of barbiturate groups is 1. The lowest BCUT2D eigenvalue weighted by Crippen LogP contribution is -2.57. The normalized spacial score (nSPS) is 13.4. The number of carbonyl (C=O) groups is 3. The maximum absolute atomic E-state index is 13.7. The van der Waals surface area contributed by atoms with Gasteiger partial charge in [-0.15, -0.1) is 0 Å². The van der Waals surface area contributed by atoms with Crippen LogP contribution >= 0.6 is 31.9 Å². The molecule has 1 aliphatic heterocycles. The van der Waals surface area contributed by atoms with Gasteiger partial charge >= 0.3 is 6.03 Å². The summed E-state index contributed by atoms with van der Waals surface area (Å²) >= 11 is 7.00. The highest BCUT2D eigenvalue weighted by atomic mass is 79.9. The quantitative estimate of drug-likeness (QED) is 0.141. The minimum atomic E-state index is -0.748. The molecule has 9 heteroatoms. The van der Waals surface area contributed by atoms with E-state index in [1.807, 2.05) is 31.2 Å². The Labute approximate surface area is 254 Å². The molecule has 4 aromatic rings. The monoisotopic (exact) mass is 674 g/mol. The number of para-hydroxylation sites is 2. The van der Waals surface area contributed by atoms with Gasteiger partial charge in [0, 0.05) is 4.47 Å². The molecule has 0 aromatic heterocycles. The van der Waals surface area contributed by atoms with Crippen molar-refractivity contribution in [1.82, 2.24) is 0 Å². The van der Waals surface area contributed by atoms with Crippen LogP contribution in [0.3, 0.4) is 0 Å². The summed E-state index contributed by atoms with van der Waals surface area (Å²) in [6.45, 7) is 2.54. The van der Waals surface area contributed by atoms with E-state index >= 15 is 0 Å². The second-order valence-electron chi connectivity index (χ2n) is 8.97. The lowest BCUT2D eigenvalue weighted by molar-refractivity contribution is -0.121. The van der Waals surface area contributed by atoms with Gasteiger partial charge in [-0.1, -0.05) is 64.5 Å². The van der Waals surface area contributed by atoms with Gasteiger partial charge in [0.25, 0.3) is 11.8 Å². The third-order valence-electron chi connectivity index (χ3n) is 6.22. The van der Waals surface area contributed by atoms with E-state index in [1.165, 1.54) is 6.08 Å². The molecule has 4 amide bonds. The van der Waals surface area contributed by atoms with Crippen LogP contribution in [-0.4, -0.2) is 24.5 Å². The Morgan fingerprint density at radius 3 is 1.83 bits per heavy atom. The molecule has 0 saturated carbocycles. The van der Waals surface area contributed by atoms with Crippen LogP contribution in [0.15, 0.2) is 112 Å². The Balaban J connectivity index is 1.55. The van der Waals surface area contributed by atoms with E-state index in [2.05, 4.69) is 31.9 Å². The van der Waals surface area contributed by atoms with Crippen molar-refractivity contribution in [2.75, 3.05) is 16.4 Å². The van der Waals surface area contributed by atoms with Crippen LogP contribution in [0.1, 0.15) is 18.1 Å². The van der Waals surface area contributed by atoms with Crippen LogP contribution in [0.5, 0.6) is 11.5 Å². The largest absolute Gasteiger partial charge is 0.490 e. The number of nitrogens with zero attached hydrogens (tertiary/aromatic N) is 2. The molecule has 0 radical (unpaired) electrons. The average Bonchev–Trinajstić information content (AvgIpc) is 2.97. The molecule has 41 heavy (non-hydrogen) atoms. The van der Waals surface area contributed by atoms with Crippen LogP contribution in [0, 0.1) is 0 Å². The zero-order chi connectivity index (χ0) is 28.9. The molecular formula is C32H24Br2N2O5. The smallest absolute Gasteiger partial charge is 0.343 e. The number of hydrogen-bond acceptors (Lipinski definition) is 5. The Bertz CT molecular complexity index is 1560. The van der Waals surface area contributed by atoms with Gasteiger partial charge in [0.15, 0.2) is 11.5 Å². The first-order valence-corrected chi connectivity index (χ1v) is 14.3. The highest BCUT2D eigenvalue weighted by Gasteiger charge is 2.43. The molecule has 5 rings (SSSR count). The summed E-state index contributed by atoms with van der Waals surface area (Å²) < 4.78 is 13.5. The molecular weight excluding hydrogens is 652 g/mol. The fraction of sp³-hybridized carbons (Fsp3) is 0.0938. The second kappa shape index (κ2) is 12.5. The number of benzene rings is 4. The van der Waals surface area contributed by atoms with Gasteiger partial charge in [-0.05, 0) is 88.6 Å². The van der Waals surface area contributed by atoms with Crippen molar-refractivity contribution in [2.24, 2.45) is 0 Å². The Morgan fingerprint density at radius 1 is 0.732 bits per heavy atom. The zero-order valence-electron chi connectivity index (χ0n) is 21.9. The molecule has 0 unspecified atom stereocenters. The standard InChI is InChI=1S/C32H24Br2N2O5/c1-2-40-28-19-22(18-27(34)29(28)41-20-21-13-15-23(33)16-14-21)17-26-30(37)35(24-9-5-3-6-10-24)32(39)36(31(26)38)25-11-7-4-8-12-25/h3-19H,2,20H2,1H3. The molecule has 0 aliphatic carbocycles. The molecule has 4 aromatic carbocycles. The van der Waals surface area contributed by atoms with E-state index in [4.69, 9.17) is 9.47 Å². The molecule has 1 fully saturated rings. The summed E-state index contributed by atoms with van der Waals surface area (Å²) in [6.07, 6.45) is 1.47. The predicted molar refractivity (Wildman–Crippen MR) is 165 cm³/mol. The van der Waals surface area contributed by atoms with Crippen LogP contribution in [0.2, 0.25) is 0 Å². The summed E-state index contributed by atoms with van der Waals surface area (Å²) in [5.41, 5.74) is 2.03. The lowest BCUT2D eigenvalue weighted by atomic mass is 10.0. The molecule has 0 bridgehead atoms. The van der Waals surface area contributed by atoms with Gasteiger partial charge < -0.3 is 9.47 Å². The maximum atomic E-state index is 13.7. The number of carbonyl (C=O) groups excluding carboxylic acids is 3. The van der Waals surface area contributed by atoms with Crippen molar-refractivity contribution in [2.45, 2.75) is 13.5 Å². The SMILES string of the molecule is CCOc1cc(C=C2C(=O)N(c3ccccc3)C(=O)N(c3ccccc3)C2=O)cc(Br)c1OCc1ccc(Br)cc1. The molecule has 0 spiro atoms. The number of halogens is 2. The highest BCUT2D eigenvalue weighted by molar-refractivity contribution is 9.10. The van der Waals surface area contributed by atoms with Gasteiger partial charge in [-0.25, -0.2) is 14.6 Å². The third-order valence-corrected chi connectivity index (χ3v) is 7.34. The molecule has 1 saturated heterocycles. The number of imide groups is 2. The van der Waals surface area contributed by atoms with Crippen LogP contribution < -0.4 is 19.3 Å². The Hall–Kier alpha value is -4.21. The molecule has 0 N–H and O–H groups in total. The first-order chi connectivity index (χ1) is 19.9. The summed E-state index contributed by atoms with van der Waals surface area (Å²) in [5, 5.41) is 0. The summed E-state index contributed by atoms with van der Waals surface area (Å²) in [6, 6.07) is 27.5. The minimum Gasteiger partial charge on any atom is -0.490 e. The van der Waals surface area contributed by atoms with Gasteiger partial charge in [0.2, 0.25) is 0 Å². The van der Waals surface area contributed by atoms with Crippen LogP contribution in [0.25, 0.3) is 6.08 Å². The Morgan fingerprint density at radius 2 is 1.29 bits per heavy atom. The third kappa shape index (κ3) is 6.11. The van der Waals surface area contributed by atoms with Gasteiger partial charge in [0.1, 0.15) is 12.2 Å². The molecule has 206 valence electrons. The lowest BCUT2D eigenvalue weighted by Gasteiger charge is -2.34. The fourth-order valence-corrected chi connectivity index (χ4v) is 5.15. The molecule has 1 heterocycles. The average molecular weight is 676 g/mol. The fourth-order valence-electron chi connectivity index (χ4n) is 4.32. The van der Waals surface area contributed by atoms with E-state index in [0.717, 1.165) is 19.8 Å². The van der Waals surface area contributed by atoms with Gasteiger partial charge in [-0.3, -0.25) is 9.59 Å². The summed E-state index contributed by atoms with van der Waals surface area (Å²) in [5.74, 6) is -0.506. The second-order valence-corrected chi connectivity index (χ2v) is 10.7. The van der Waals surface area contributed by atoms with Crippen molar-refractivity contribution in [3.8, 4) is 11.5 Å². The summed E-state index contributed by atoms with van der Waals surface area (Å²) in [7, 11) is 0. The van der Waals surface area contributed by atoms with Crippen molar-refractivity contribution in [3.63, 3.8) is 0 Å². The van der Waals surface area contributed by atoms with Crippen molar-refractivity contribution in [3.05, 3.63) is 123 Å². The van der Waals surface area contributed by atoms with Gasteiger partial charge in [0.05, 0.1) is 22.5 Å². The number of rotatable bonds is 8. The maximum Gasteiger partial charge on any atom is 0.343 e. The van der Waals surface area contributed by atoms with E-state index in [0.29, 0.717) is 46.1 Å². The van der Waals surface area contributed by atoms with Crippen molar-refractivity contribution < 1.29 is 23.9 Å². The summed E-state index contributed by atoms with van der Waals surface area (Å²) in [4.78, 5) is 42.9. The van der Waals surface area contributed by atoms with Crippen LogP contribution in [0.4, 0.5) is 16.2 Å². The van der Waals surface area contributed by atoms with Crippen molar-refractivity contribution >= 4 is 67.2 Å². The van der Waals surface area contributed by atoms with E-state index in [1.54, 1.807) is 72.8 Å². The van der Waals surface area contributed by atoms with E-state index in [9.17, 15) is 14.4 Å². The molecule has 1 aliphatic rings. The minimum absolute atomic E-state index is 0.171. The predicted octanol–water partition coefficient (Wildman–Crippen LogP) is 7.77. The van der Waals surface area contributed by atoms with Crippen molar-refractivity contribution in [1.29, 1.82) is 0 Å². The number of urea groups is 1. The number of amides is 4. The number of ether oxygens (including phenoxy) is 2.